The van der Waals surface area contributed by atoms with E-state index in [1.807, 2.05) is 11.3 Å². The maximum Gasteiger partial charge on any atom is 0.00927 e. The highest BCUT2D eigenvalue weighted by Crippen LogP contribution is 2.41. The van der Waals surface area contributed by atoms with E-state index in [9.17, 15) is 0 Å². The summed E-state index contributed by atoms with van der Waals surface area (Å²) < 4.78 is 0. The summed E-state index contributed by atoms with van der Waals surface area (Å²) in [5, 5.41) is 4.92. The monoisotopic (exact) mass is 248 g/mol. The summed E-state index contributed by atoms with van der Waals surface area (Å²) in [7, 11) is 0. The Morgan fingerprint density at radius 3 is 2.50 bits per heavy atom. The Morgan fingerprint density at radius 2 is 1.72 bits per heavy atom. The number of hydrogen-bond acceptors (Lipinski definition) is 1. The van der Waals surface area contributed by atoms with Gasteiger partial charge >= 0.3 is 0 Å². The molecule has 2 aromatic carbocycles. The van der Waals surface area contributed by atoms with Gasteiger partial charge in [0.2, 0.25) is 0 Å². The van der Waals surface area contributed by atoms with Gasteiger partial charge < -0.3 is 0 Å². The van der Waals surface area contributed by atoms with Gasteiger partial charge in [0.1, 0.15) is 0 Å². The van der Waals surface area contributed by atoms with Crippen molar-refractivity contribution in [3.63, 3.8) is 0 Å². The topological polar surface area (TPSA) is 0 Å². The minimum Gasteiger partial charge on any atom is -0.149 e. The Hall–Kier alpha value is -1.86. The van der Waals surface area contributed by atoms with E-state index in [2.05, 4.69) is 60.8 Å². The highest BCUT2D eigenvalue weighted by molar-refractivity contribution is 7.10. The summed E-state index contributed by atoms with van der Waals surface area (Å²) in [6, 6.07) is 15.4. The molecule has 0 amide bonds. The summed E-state index contributed by atoms with van der Waals surface area (Å²) in [4.78, 5) is 1.39. The lowest BCUT2D eigenvalue weighted by atomic mass is 9.98. The van der Waals surface area contributed by atoms with Crippen LogP contribution in [-0.4, -0.2) is 0 Å². The molecule has 0 nitrogen and oxygen atoms in total. The SMILES string of the molecule is Cc1sccc1C1=Cc2cccc3cccc1c23. The van der Waals surface area contributed by atoms with Crippen molar-refractivity contribution in [2.24, 2.45) is 0 Å². The Balaban J connectivity index is 2.07. The van der Waals surface area contributed by atoms with Gasteiger partial charge in [0, 0.05) is 4.88 Å². The van der Waals surface area contributed by atoms with Gasteiger partial charge in [-0.2, -0.15) is 0 Å². The molecule has 4 rings (SSSR count). The minimum atomic E-state index is 1.34. The Bertz CT molecular complexity index is 785. The quantitative estimate of drug-likeness (QED) is 0.439. The average molecular weight is 248 g/mol. The third-order valence-electron chi connectivity index (χ3n) is 3.68. The van der Waals surface area contributed by atoms with Crippen LogP contribution >= 0.6 is 11.3 Å². The number of benzene rings is 2. The van der Waals surface area contributed by atoms with Gasteiger partial charge in [-0.25, -0.2) is 0 Å². The van der Waals surface area contributed by atoms with E-state index in [4.69, 9.17) is 0 Å². The summed E-state index contributed by atoms with van der Waals surface area (Å²) in [5.41, 5.74) is 5.48. The van der Waals surface area contributed by atoms with Crippen LogP contribution in [0.25, 0.3) is 22.4 Å². The second kappa shape index (κ2) is 3.56. The molecule has 1 heterocycles. The van der Waals surface area contributed by atoms with Crippen molar-refractivity contribution in [2.75, 3.05) is 0 Å². The van der Waals surface area contributed by atoms with Gasteiger partial charge in [0.25, 0.3) is 0 Å². The van der Waals surface area contributed by atoms with Gasteiger partial charge in [-0.05, 0) is 57.5 Å². The fourth-order valence-corrected chi connectivity index (χ4v) is 3.55. The number of thiophene rings is 1. The minimum absolute atomic E-state index is 1.34. The molecule has 86 valence electrons. The van der Waals surface area contributed by atoms with E-state index in [0.717, 1.165) is 0 Å². The molecule has 0 bridgehead atoms. The van der Waals surface area contributed by atoms with Crippen LogP contribution in [0.2, 0.25) is 0 Å². The smallest absolute Gasteiger partial charge is 0.00927 e. The van der Waals surface area contributed by atoms with Crippen LogP contribution in [0.1, 0.15) is 21.6 Å². The molecule has 1 aliphatic rings. The van der Waals surface area contributed by atoms with E-state index < -0.39 is 0 Å². The fraction of sp³-hybridized carbons (Fsp3) is 0.0588. The van der Waals surface area contributed by atoms with Crippen molar-refractivity contribution in [3.8, 4) is 0 Å². The van der Waals surface area contributed by atoms with Crippen LogP contribution in [0.15, 0.2) is 47.8 Å². The van der Waals surface area contributed by atoms with Gasteiger partial charge in [-0.15, -0.1) is 11.3 Å². The van der Waals surface area contributed by atoms with Crippen LogP contribution in [0.5, 0.6) is 0 Å². The molecule has 1 aromatic heterocycles. The highest BCUT2D eigenvalue weighted by Gasteiger charge is 2.18. The first kappa shape index (κ1) is 10.1. The van der Waals surface area contributed by atoms with Crippen molar-refractivity contribution in [3.05, 3.63) is 69.4 Å². The molecule has 18 heavy (non-hydrogen) atoms. The Morgan fingerprint density at radius 1 is 0.889 bits per heavy atom. The average Bonchev–Trinajstić information content (AvgIpc) is 2.96. The normalized spacial score (nSPS) is 13.1. The molecule has 0 unspecified atom stereocenters. The zero-order chi connectivity index (χ0) is 12.1. The summed E-state index contributed by atoms with van der Waals surface area (Å²) in [6.07, 6.45) is 2.33. The third-order valence-corrected chi connectivity index (χ3v) is 4.52. The lowest BCUT2D eigenvalue weighted by Crippen LogP contribution is -1.84. The van der Waals surface area contributed by atoms with Gasteiger partial charge in [-0.3, -0.25) is 0 Å². The van der Waals surface area contributed by atoms with Gasteiger partial charge in [0.05, 0.1) is 0 Å². The molecule has 0 atom stereocenters. The van der Waals surface area contributed by atoms with Crippen molar-refractivity contribution in [2.45, 2.75) is 6.92 Å². The molecule has 0 fully saturated rings. The number of aryl methyl sites for hydroxylation is 1. The first-order valence-corrected chi connectivity index (χ1v) is 7.01. The molecule has 0 aliphatic heterocycles. The summed E-state index contributed by atoms with van der Waals surface area (Å²) in [6.45, 7) is 2.20. The molecule has 0 saturated heterocycles. The van der Waals surface area contributed by atoms with Crippen molar-refractivity contribution in [1.29, 1.82) is 0 Å². The van der Waals surface area contributed by atoms with Crippen LogP contribution in [0.3, 0.4) is 0 Å². The molecule has 0 saturated carbocycles. The van der Waals surface area contributed by atoms with E-state index in [1.54, 1.807) is 0 Å². The molecule has 3 aromatic rings. The molecular formula is C17H12S. The second-order valence-corrected chi connectivity index (χ2v) is 5.82. The first-order valence-electron chi connectivity index (χ1n) is 6.13. The Kier molecular flexibility index (Phi) is 2.00. The highest BCUT2D eigenvalue weighted by atomic mass is 32.1. The predicted molar refractivity (Wildman–Crippen MR) is 80.0 cm³/mol. The molecular weight excluding hydrogens is 236 g/mol. The maximum atomic E-state index is 2.33. The van der Waals surface area contributed by atoms with Crippen LogP contribution in [0, 0.1) is 6.92 Å². The van der Waals surface area contributed by atoms with Crippen molar-refractivity contribution >= 4 is 33.8 Å². The zero-order valence-corrected chi connectivity index (χ0v) is 10.9. The third kappa shape index (κ3) is 1.25. The second-order valence-electron chi connectivity index (χ2n) is 4.70. The Labute approximate surface area is 110 Å². The zero-order valence-electron chi connectivity index (χ0n) is 10.1. The molecule has 1 heteroatoms. The standard InChI is InChI=1S/C17H12S/c1-11-14(8-9-18-11)16-10-13-6-2-4-12-5-3-7-15(16)17(12)13/h2-10H,1H3. The van der Waals surface area contributed by atoms with Crippen molar-refractivity contribution in [1.82, 2.24) is 0 Å². The predicted octanol–water partition coefficient (Wildman–Crippen LogP) is 5.11. The van der Waals surface area contributed by atoms with Crippen LogP contribution in [0.4, 0.5) is 0 Å². The van der Waals surface area contributed by atoms with E-state index in [0.29, 0.717) is 0 Å². The number of rotatable bonds is 1. The van der Waals surface area contributed by atoms with E-state index in [1.165, 1.54) is 37.9 Å². The van der Waals surface area contributed by atoms with Gasteiger partial charge in [-0.1, -0.05) is 36.4 Å². The maximum absolute atomic E-state index is 2.33. The lowest BCUT2D eigenvalue weighted by Gasteiger charge is -2.05. The summed E-state index contributed by atoms with van der Waals surface area (Å²) >= 11 is 1.82. The molecule has 0 N–H and O–H groups in total. The van der Waals surface area contributed by atoms with Gasteiger partial charge in [0.15, 0.2) is 0 Å². The summed E-state index contributed by atoms with van der Waals surface area (Å²) in [5.74, 6) is 0. The molecule has 0 radical (unpaired) electrons. The van der Waals surface area contributed by atoms with E-state index >= 15 is 0 Å². The fourth-order valence-electron chi connectivity index (χ4n) is 2.84. The van der Waals surface area contributed by atoms with Crippen molar-refractivity contribution < 1.29 is 0 Å². The largest absolute Gasteiger partial charge is 0.149 e. The number of hydrogen-bond donors (Lipinski definition) is 0. The molecule has 1 aliphatic carbocycles. The van der Waals surface area contributed by atoms with Crippen LogP contribution in [-0.2, 0) is 0 Å². The lowest BCUT2D eigenvalue weighted by molar-refractivity contribution is 1.56. The van der Waals surface area contributed by atoms with E-state index in [-0.39, 0.29) is 0 Å². The van der Waals surface area contributed by atoms with Crippen LogP contribution < -0.4 is 0 Å². The molecule has 0 spiro atoms. The first-order chi connectivity index (χ1) is 8.84.